The fraction of sp³-hybridized carbons (Fsp3) is 0.323. The molecule has 0 aliphatic carbocycles. The van der Waals surface area contributed by atoms with Crippen LogP contribution in [0.5, 0.6) is 5.75 Å². The van der Waals surface area contributed by atoms with E-state index in [-0.39, 0.29) is 18.2 Å². The molecule has 0 saturated carbocycles. The van der Waals surface area contributed by atoms with Gasteiger partial charge in [-0.3, -0.25) is 0 Å². The third-order valence-corrected chi connectivity index (χ3v) is 6.21. The van der Waals surface area contributed by atoms with Crippen molar-refractivity contribution in [1.82, 2.24) is 14.9 Å². The molecule has 0 bridgehead atoms. The van der Waals surface area contributed by atoms with Gasteiger partial charge in [-0.05, 0) is 68.8 Å². The van der Waals surface area contributed by atoms with Crippen molar-refractivity contribution in [3.05, 3.63) is 77.2 Å². The summed E-state index contributed by atoms with van der Waals surface area (Å²) in [5, 5.41) is 9.80. The summed E-state index contributed by atoms with van der Waals surface area (Å²) in [6, 6.07) is 16.4. The number of carbonyl (C=O) groups is 2. The molecule has 0 unspecified atom stereocenters. The van der Waals surface area contributed by atoms with Crippen LogP contribution in [0.1, 0.15) is 60.9 Å². The normalized spacial score (nSPS) is 14.0. The molecule has 0 radical (unpaired) electrons. The van der Waals surface area contributed by atoms with Gasteiger partial charge in [-0.2, -0.15) is 5.26 Å². The predicted molar refractivity (Wildman–Crippen MR) is 150 cm³/mol. The molecule has 9 heteroatoms. The average molecular weight is 541 g/mol. The molecule has 3 aromatic rings. The van der Waals surface area contributed by atoms with Gasteiger partial charge in [-0.1, -0.05) is 18.2 Å². The van der Waals surface area contributed by atoms with Crippen molar-refractivity contribution in [2.75, 3.05) is 20.2 Å². The summed E-state index contributed by atoms with van der Waals surface area (Å²) in [5.41, 5.74) is 2.67. The average Bonchev–Trinajstić information content (AvgIpc) is 2.95. The van der Waals surface area contributed by atoms with Gasteiger partial charge < -0.3 is 19.1 Å². The first-order valence-electron chi connectivity index (χ1n) is 13.0. The van der Waals surface area contributed by atoms with Crippen LogP contribution in [0.15, 0.2) is 54.7 Å². The Hall–Kier alpha value is -4.71. The van der Waals surface area contributed by atoms with Crippen molar-refractivity contribution >= 4 is 24.2 Å². The van der Waals surface area contributed by atoms with Crippen LogP contribution >= 0.6 is 0 Å². The zero-order chi connectivity index (χ0) is 28.7. The fourth-order valence-corrected chi connectivity index (χ4v) is 4.18. The van der Waals surface area contributed by atoms with Crippen molar-refractivity contribution in [3.8, 4) is 23.1 Å². The largest absolute Gasteiger partial charge is 0.489 e. The number of carbonyl (C=O) groups excluding carboxylic acids is 2. The summed E-state index contributed by atoms with van der Waals surface area (Å²) < 4.78 is 16.3. The molecule has 1 amide bonds. The summed E-state index contributed by atoms with van der Waals surface area (Å²) in [6.07, 6.45) is 6.18. The number of aromatic nitrogens is 2. The van der Waals surface area contributed by atoms with Gasteiger partial charge in [0.25, 0.3) is 0 Å². The highest BCUT2D eigenvalue weighted by atomic mass is 16.6. The Morgan fingerprint density at radius 1 is 1.05 bits per heavy atom. The molecule has 0 atom stereocenters. The number of nitrogens with zero attached hydrogens (tertiary/aromatic N) is 4. The van der Waals surface area contributed by atoms with Crippen LogP contribution in [0.3, 0.4) is 0 Å². The number of hydrogen-bond donors (Lipinski definition) is 0. The molecule has 2 heterocycles. The second-order valence-corrected chi connectivity index (χ2v) is 10.4. The van der Waals surface area contributed by atoms with Gasteiger partial charge in [0.2, 0.25) is 0 Å². The lowest BCUT2D eigenvalue weighted by Crippen LogP contribution is -2.44. The van der Waals surface area contributed by atoms with Crippen LogP contribution in [-0.4, -0.2) is 58.8 Å². The molecule has 40 heavy (non-hydrogen) atoms. The van der Waals surface area contributed by atoms with Crippen molar-refractivity contribution < 1.29 is 23.8 Å². The van der Waals surface area contributed by atoms with Gasteiger partial charge in [0.15, 0.2) is 5.82 Å². The van der Waals surface area contributed by atoms with E-state index in [2.05, 4.69) is 16.0 Å². The van der Waals surface area contributed by atoms with E-state index in [0.717, 1.165) is 11.1 Å². The van der Waals surface area contributed by atoms with Crippen molar-refractivity contribution in [1.29, 1.82) is 5.26 Å². The van der Waals surface area contributed by atoms with E-state index in [1.807, 2.05) is 45.0 Å². The topological polar surface area (TPSA) is 115 Å². The molecule has 9 nitrogen and oxygen atoms in total. The Kier molecular flexibility index (Phi) is 8.80. The minimum Gasteiger partial charge on any atom is -0.489 e. The van der Waals surface area contributed by atoms with Crippen molar-refractivity contribution in [3.63, 3.8) is 0 Å². The van der Waals surface area contributed by atoms with Gasteiger partial charge in [-0.25, -0.2) is 19.6 Å². The number of rotatable bonds is 6. The third kappa shape index (κ3) is 7.44. The van der Waals surface area contributed by atoms with Crippen LogP contribution in [0.2, 0.25) is 0 Å². The molecule has 1 saturated heterocycles. The van der Waals surface area contributed by atoms with Gasteiger partial charge in [-0.15, -0.1) is 0 Å². The Morgan fingerprint density at radius 3 is 2.42 bits per heavy atom. The molecule has 0 spiro atoms. The number of hydrogen-bond acceptors (Lipinski definition) is 8. The van der Waals surface area contributed by atoms with Gasteiger partial charge >= 0.3 is 12.1 Å². The molecule has 1 aliphatic heterocycles. The Labute approximate surface area is 234 Å². The molecule has 206 valence electrons. The zero-order valence-electron chi connectivity index (χ0n) is 23.1. The van der Waals surface area contributed by atoms with E-state index >= 15 is 0 Å². The number of amides is 1. The molecule has 4 rings (SSSR count). The van der Waals surface area contributed by atoms with Crippen molar-refractivity contribution in [2.45, 2.75) is 45.3 Å². The summed E-state index contributed by atoms with van der Waals surface area (Å²) in [4.78, 5) is 34.6. The second-order valence-electron chi connectivity index (χ2n) is 10.4. The molecular weight excluding hydrogens is 508 g/mol. The van der Waals surface area contributed by atoms with Crippen LogP contribution < -0.4 is 4.74 Å². The smallest absolute Gasteiger partial charge is 0.410 e. The number of nitriles is 1. The first-order chi connectivity index (χ1) is 19.1. The van der Waals surface area contributed by atoms with Crippen LogP contribution in [0, 0.1) is 11.3 Å². The Balaban J connectivity index is 1.41. The van der Waals surface area contributed by atoms with Crippen LogP contribution in [-0.2, 0) is 9.47 Å². The molecule has 2 aromatic carbocycles. The maximum Gasteiger partial charge on any atom is 0.410 e. The summed E-state index contributed by atoms with van der Waals surface area (Å²) in [7, 11) is 1.35. The van der Waals surface area contributed by atoms with Gasteiger partial charge in [0.05, 0.1) is 23.9 Å². The van der Waals surface area contributed by atoms with E-state index < -0.39 is 5.60 Å². The third-order valence-electron chi connectivity index (χ3n) is 6.21. The lowest BCUT2D eigenvalue weighted by Gasteiger charge is -2.33. The van der Waals surface area contributed by atoms with Gasteiger partial charge in [0.1, 0.15) is 23.5 Å². The standard InChI is InChI=1S/C31H32N4O5/c1-31(2,3)40-30(37)35-17-14-25(15-18-35)39-27-11-10-23(19-24(27)20-32)26-13-16-33-28(34-26)12-7-21-5-8-22(9-6-21)29(36)38-4/h5-13,16,19,25H,14-15,17-18H2,1-4H3/b12-7+. The first kappa shape index (κ1) is 28.3. The number of likely N-dealkylation sites (tertiary alicyclic amines) is 1. The maximum atomic E-state index is 12.3. The van der Waals surface area contributed by atoms with Crippen molar-refractivity contribution in [2.24, 2.45) is 0 Å². The van der Waals surface area contributed by atoms with E-state index in [0.29, 0.717) is 54.3 Å². The second kappa shape index (κ2) is 12.4. The highest BCUT2D eigenvalue weighted by molar-refractivity contribution is 5.89. The first-order valence-corrected chi connectivity index (χ1v) is 13.0. The highest BCUT2D eigenvalue weighted by Crippen LogP contribution is 2.28. The molecule has 1 fully saturated rings. The summed E-state index contributed by atoms with van der Waals surface area (Å²) in [5.74, 6) is 0.625. The van der Waals surface area contributed by atoms with Crippen LogP contribution in [0.25, 0.3) is 23.4 Å². The molecule has 1 aliphatic rings. The van der Waals surface area contributed by atoms with E-state index in [1.54, 1.807) is 47.5 Å². The minimum absolute atomic E-state index is 0.103. The maximum absolute atomic E-state index is 12.3. The fourth-order valence-electron chi connectivity index (χ4n) is 4.18. The highest BCUT2D eigenvalue weighted by Gasteiger charge is 2.28. The molecule has 1 aromatic heterocycles. The Morgan fingerprint density at radius 2 is 1.77 bits per heavy atom. The minimum atomic E-state index is -0.534. The summed E-state index contributed by atoms with van der Waals surface area (Å²) in [6.45, 7) is 6.61. The van der Waals surface area contributed by atoms with E-state index in [9.17, 15) is 14.9 Å². The van der Waals surface area contributed by atoms with Gasteiger partial charge in [0, 0.05) is 37.7 Å². The predicted octanol–water partition coefficient (Wildman–Crippen LogP) is 5.75. The Bertz CT molecular complexity index is 1430. The lowest BCUT2D eigenvalue weighted by atomic mass is 10.1. The molecular formula is C31H32N4O5. The molecule has 0 N–H and O–H groups in total. The number of esters is 1. The number of benzene rings is 2. The number of ether oxygens (including phenoxy) is 3. The quantitative estimate of drug-likeness (QED) is 0.363. The van der Waals surface area contributed by atoms with E-state index in [4.69, 9.17) is 14.2 Å². The summed E-state index contributed by atoms with van der Waals surface area (Å²) >= 11 is 0. The monoisotopic (exact) mass is 540 g/mol. The zero-order valence-corrected chi connectivity index (χ0v) is 23.1. The number of methoxy groups -OCH3 is 1. The van der Waals surface area contributed by atoms with E-state index in [1.165, 1.54) is 7.11 Å². The number of piperidine rings is 1. The lowest BCUT2D eigenvalue weighted by molar-refractivity contribution is 0.0126. The SMILES string of the molecule is COC(=O)c1ccc(/C=C/c2nccc(-c3ccc(OC4CCN(C(=O)OC(C)(C)C)CC4)c(C#N)c3)n2)cc1. The van der Waals surface area contributed by atoms with Crippen LogP contribution in [0.4, 0.5) is 4.79 Å².